The van der Waals surface area contributed by atoms with Gasteiger partial charge in [-0.25, -0.2) is 4.98 Å². The lowest BCUT2D eigenvalue weighted by molar-refractivity contribution is 0.416. The van der Waals surface area contributed by atoms with Crippen LogP contribution in [0.4, 0.5) is 0 Å². The minimum Gasteiger partial charge on any atom is -0.507 e. The molecule has 7 heteroatoms. The Balaban J connectivity index is 1.85. The molecule has 1 fully saturated rings. The first kappa shape index (κ1) is 19.6. The number of aromatic nitrogens is 2. The van der Waals surface area contributed by atoms with Gasteiger partial charge in [0.25, 0.3) is 5.56 Å². The normalized spacial score (nSPS) is 15.5. The van der Waals surface area contributed by atoms with Gasteiger partial charge in [0.05, 0.1) is 20.7 Å². The van der Waals surface area contributed by atoms with E-state index >= 15 is 0 Å². The molecule has 1 aromatic heterocycles. The summed E-state index contributed by atoms with van der Waals surface area (Å²) in [6.45, 7) is 0. The first-order valence-electron chi connectivity index (χ1n) is 9.28. The number of rotatable bonds is 3. The molecule has 0 atom stereocenters. The van der Waals surface area contributed by atoms with Crippen molar-refractivity contribution in [1.29, 1.82) is 0 Å². The Labute approximate surface area is 184 Å². The van der Waals surface area contributed by atoms with Gasteiger partial charge in [0, 0.05) is 10.4 Å². The van der Waals surface area contributed by atoms with Crippen molar-refractivity contribution in [2.45, 2.75) is 38.0 Å². The lowest BCUT2D eigenvalue weighted by Crippen LogP contribution is -2.25. The summed E-state index contributed by atoms with van der Waals surface area (Å²) in [6, 6.07) is 10.8. The molecule has 1 aliphatic rings. The van der Waals surface area contributed by atoms with Crippen molar-refractivity contribution in [1.82, 2.24) is 9.66 Å². The van der Waals surface area contributed by atoms with Gasteiger partial charge in [0.1, 0.15) is 11.6 Å². The number of halogens is 2. The summed E-state index contributed by atoms with van der Waals surface area (Å²) in [7, 11) is 0. The standard InChI is InChI=1S/C21H19BrIN3O2/c22-15-7-8-18-16(11-15)21(28)26(20(25-18)14-4-2-1-3-5-14)24-12-13-6-9-19(27)17(23)10-13/h6-12,14,27H,1-5H2. The maximum atomic E-state index is 13.2. The quantitative estimate of drug-likeness (QED) is 0.350. The second kappa shape index (κ2) is 8.32. The summed E-state index contributed by atoms with van der Waals surface area (Å²) in [4.78, 5) is 18.1. The zero-order valence-electron chi connectivity index (χ0n) is 15.1. The largest absolute Gasteiger partial charge is 0.507 e. The van der Waals surface area contributed by atoms with Crippen molar-refractivity contribution in [3.05, 3.63) is 66.2 Å². The number of phenolic OH excluding ortho intramolecular Hbond substituents is 1. The zero-order chi connectivity index (χ0) is 19.7. The molecule has 5 nitrogen and oxygen atoms in total. The number of fused-ring (bicyclic) bond motifs is 1. The van der Waals surface area contributed by atoms with Gasteiger partial charge in [-0.05, 0) is 77.4 Å². The van der Waals surface area contributed by atoms with Gasteiger partial charge in [0.2, 0.25) is 0 Å². The second-order valence-electron chi connectivity index (χ2n) is 7.04. The number of nitrogens with zero attached hydrogens (tertiary/aromatic N) is 3. The topological polar surface area (TPSA) is 67.5 Å². The van der Waals surface area contributed by atoms with Crippen LogP contribution in [0, 0.1) is 3.57 Å². The fraction of sp³-hybridized carbons (Fsp3) is 0.286. The third kappa shape index (κ3) is 4.00. The predicted molar refractivity (Wildman–Crippen MR) is 123 cm³/mol. The summed E-state index contributed by atoms with van der Waals surface area (Å²) < 4.78 is 3.04. The lowest BCUT2D eigenvalue weighted by atomic mass is 9.88. The highest BCUT2D eigenvalue weighted by molar-refractivity contribution is 14.1. The van der Waals surface area contributed by atoms with Gasteiger partial charge in [-0.3, -0.25) is 4.79 Å². The van der Waals surface area contributed by atoms with E-state index in [4.69, 9.17) is 4.98 Å². The maximum absolute atomic E-state index is 13.2. The molecule has 0 saturated heterocycles. The van der Waals surface area contributed by atoms with E-state index in [-0.39, 0.29) is 17.2 Å². The average molecular weight is 552 g/mol. The Morgan fingerprint density at radius 2 is 1.96 bits per heavy atom. The predicted octanol–water partition coefficient (Wildman–Crippen LogP) is 5.40. The van der Waals surface area contributed by atoms with Crippen LogP contribution in [-0.4, -0.2) is 21.0 Å². The Hall–Kier alpha value is -1.74. The molecular formula is C21H19BrIN3O2. The molecule has 1 aliphatic carbocycles. The maximum Gasteiger partial charge on any atom is 0.282 e. The number of aromatic hydroxyl groups is 1. The highest BCUT2D eigenvalue weighted by atomic mass is 127. The Morgan fingerprint density at radius 1 is 1.18 bits per heavy atom. The molecule has 0 amide bonds. The van der Waals surface area contributed by atoms with Gasteiger partial charge in [-0.1, -0.05) is 35.2 Å². The van der Waals surface area contributed by atoms with Gasteiger partial charge >= 0.3 is 0 Å². The Kier molecular flexibility index (Phi) is 5.82. The van der Waals surface area contributed by atoms with Gasteiger partial charge in [-0.2, -0.15) is 9.78 Å². The van der Waals surface area contributed by atoms with Crippen molar-refractivity contribution < 1.29 is 5.11 Å². The summed E-state index contributed by atoms with van der Waals surface area (Å²) in [5.74, 6) is 1.21. The van der Waals surface area contributed by atoms with E-state index < -0.39 is 0 Å². The van der Waals surface area contributed by atoms with Crippen molar-refractivity contribution in [2.75, 3.05) is 0 Å². The molecule has 3 aromatic rings. The van der Waals surface area contributed by atoms with E-state index in [2.05, 4.69) is 43.6 Å². The van der Waals surface area contributed by atoms with E-state index in [0.29, 0.717) is 10.9 Å². The third-order valence-electron chi connectivity index (χ3n) is 5.10. The minimum atomic E-state index is -0.156. The van der Waals surface area contributed by atoms with E-state index in [1.807, 2.05) is 18.2 Å². The van der Waals surface area contributed by atoms with Gasteiger partial charge in [-0.15, -0.1) is 0 Å². The van der Waals surface area contributed by atoms with Gasteiger partial charge < -0.3 is 5.11 Å². The lowest BCUT2D eigenvalue weighted by Gasteiger charge is -2.22. The fourth-order valence-electron chi connectivity index (χ4n) is 3.63. The van der Waals surface area contributed by atoms with Crippen LogP contribution in [0.2, 0.25) is 0 Å². The highest BCUT2D eigenvalue weighted by Crippen LogP contribution is 2.32. The molecule has 28 heavy (non-hydrogen) atoms. The summed E-state index contributed by atoms with van der Waals surface area (Å²) in [5.41, 5.74) is 1.37. The zero-order valence-corrected chi connectivity index (χ0v) is 18.9. The molecule has 2 aromatic carbocycles. The molecular weight excluding hydrogens is 533 g/mol. The SMILES string of the molecule is O=c1c2cc(Br)ccc2nc(C2CCCCC2)n1N=Cc1ccc(O)c(I)c1. The average Bonchev–Trinajstić information content (AvgIpc) is 2.71. The van der Waals surface area contributed by atoms with Crippen LogP contribution >= 0.6 is 38.5 Å². The monoisotopic (exact) mass is 551 g/mol. The highest BCUT2D eigenvalue weighted by Gasteiger charge is 2.22. The van der Waals surface area contributed by atoms with Crippen LogP contribution in [0.15, 0.2) is 50.8 Å². The van der Waals surface area contributed by atoms with E-state index in [1.54, 1.807) is 24.4 Å². The number of phenols is 1. The van der Waals surface area contributed by atoms with Crippen LogP contribution in [-0.2, 0) is 0 Å². The van der Waals surface area contributed by atoms with Gasteiger partial charge in [0.15, 0.2) is 0 Å². The molecule has 1 saturated carbocycles. The van der Waals surface area contributed by atoms with Crippen molar-refractivity contribution >= 4 is 55.6 Å². The molecule has 0 bridgehead atoms. The van der Waals surface area contributed by atoms with Crippen LogP contribution in [0.3, 0.4) is 0 Å². The Bertz CT molecular complexity index is 1120. The molecule has 1 heterocycles. The molecule has 0 spiro atoms. The second-order valence-corrected chi connectivity index (χ2v) is 9.12. The first-order chi connectivity index (χ1) is 13.5. The minimum absolute atomic E-state index is 0.156. The van der Waals surface area contributed by atoms with Crippen LogP contribution < -0.4 is 5.56 Å². The van der Waals surface area contributed by atoms with Crippen LogP contribution in [0.5, 0.6) is 5.75 Å². The Morgan fingerprint density at radius 3 is 2.71 bits per heavy atom. The van der Waals surface area contributed by atoms with Crippen LogP contribution in [0.25, 0.3) is 10.9 Å². The molecule has 1 N–H and O–H groups in total. The molecule has 0 unspecified atom stereocenters. The van der Waals surface area contributed by atoms with Crippen molar-refractivity contribution in [3.8, 4) is 5.75 Å². The number of hydrogen-bond donors (Lipinski definition) is 1. The first-order valence-corrected chi connectivity index (χ1v) is 11.1. The summed E-state index contributed by atoms with van der Waals surface area (Å²) >= 11 is 5.51. The summed E-state index contributed by atoms with van der Waals surface area (Å²) in [6.07, 6.45) is 7.25. The molecule has 4 rings (SSSR count). The van der Waals surface area contributed by atoms with Crippen molar-refractivity contribution in [3.63, 3.8) is 0 Å². The van der Waals surface area contributed by atoms with Crippen molar-refractivity contribution in [2.24, 2.45) is 5.10 Å². The van der Waals surface area contributed by atoms with Crippen LogP contribution in [0.1, 0.15) is 49.4 Å². The molecule has 144 valence electrons. The number of benzene rings is 2. The molecule has 0 aliphatic heterocycles. The smallest absolute Gasteiger partial charge is 0.282 e. The molecule has 0 radical (unpaired) electrons. The fourth-order valence-corrected chi connectivity index (χ4v) is 4.53. The van der Waals surface area contributed by atoms with E-state index in [1.165, 1.54) is 11.1 Å². The third-order valence-corrected chi connectivity index (χ3v) is 6.46. The van der Waals surface area contributed by atoms with E-state index in [9.17, 15) is 9.90 Å². The number of hydrogen-bond acceptors (Lipinski definition) is 4. The summed E-state index contributed by atoms with van der Waals surface area (Å²) in [5, 5.41) is 14.8. The van der Waals surface area contributed by atoms with E-state index in [0.717, 1.165) is 45.1 Å².